The van der Waals surface area contributed by atoms with Crippen LogP contribution < -0.4 is 5.32 Å². The molecule has 4 nitrogen and oxygen atoms in total. The summed E-state index contributed by atoms with van der Waals surface area (Å²) in [7, 11) is 1.94. The van der Waals surface area contributed by atoms with Crippen LogP contribution in [0.3, 0.4) is 0 Å². The minimum absolute atomic E-state index is 0.228. The first-order valence-corrected chi connectivity index (χ1v) is 5.47. The summed E-state index contributed by atoms with van der Waals surface area (Å²) in [6, 6.07) is 4.26. The van der Waals surface area contributed by atoms with Crippen molar-refractivity contribution in [3.8, 4) is 0 Å². The predicted octanol–water partition coefficient (Wildman–Crippen LogP) is 1.44. The molecule has 0 amide bonds. The molecule has 0 saturated heterocycles. The molecule has 0 aliphatic carbocycles. The molecule has 2 heterocycles. The van der Waals surface area contributed by atoms with Crippen LogP contribution in [0.4, 0.5) is 0 Å². The average molecular weight is 220 g/mol. The molecule has 0 fully saturated rings. The van der Waals surface area contributed by atoms with Crippen molar-refractivity contribution in [2.75, 3.05) is 7.05 Å². The van der Waals surface area contributed by atoms with Crippen molar-refractivity contribution in [2.24, 2.45) is 0 Å². The molecule has 15 heavy (non-hydrogen) atoms. The molecule has 2 rings (SSSR count). The fourth-order valence-corrected chi connectivity index (χ4v) is 1.91. The van der Waals surface area contributed by atoms with Crippen molar-refractivity contribution in [1.29, 1.82) is 0 Å². The van der Waals surface area contributed by atoms with Gasteiger partial charge in [-0.1, -0.05) is 0 Å². The third-order valence-electron chi connectivity index (χ3n) is 2.27. The molecule has 0 aliphatic rings. The molecular formula is C10H12N4S. The van der Waals surface area contributed by atoms with Gasteiger partial charge in [0.15, 0.2) is 0 Å². The van der Waals surface area contributed by atoms with Crippen molar-refractivity contribution in [3.05, 3.63) is 42.0 Å². The van der Waals surface area contributed by atoms with Crippen molar-refractivity contribution in [2.45, 2.75) is 12.5 Å². The van der Waals surface area contributed by atoms with E-state index in [1.54, 1.807) is 12.4 Å². The lowest BCUT2D eigenvalue weighted by molar-refractivity contribution is 0.580. The predicted molar refractivity (Wildman–Crippen MR) is 59.7 cm³/mol. The van der Waals surface area contributed by atoms with Crippen molar-refractivity contribution in [1.82, 2.24) is 19.0 Å². The Balaban J connectivity index is 2.10. The first kappa shape index (κ1) is 10.2. The van der Waals surface area contributed by atoms with Gasteiger partial charge in [-0.2, -0.15) is 8.75 Å². The lowest BCUT2D eigenvalue weighted by atomic mass is 10.1. The van der Waals surface area contributed by atoms with E-state index >= 15 is 0 Å². The molecule has 0 spiro atoms. The molecule has 1 unspecified atom stereocenters. The standard InChI is InChI=1S/C10H12N4S/c1-11-9(10-7-13-15-14-10)6-8-2-4-12-5-3-8/h2-5,7,9,11H,6H2,1H3. The zero-order valence-electron chi connectivity index (χ0n) is 8.42. The maximum Gasteiger partial charge on any atom is 0.0915 e. The SMILES string of the molecule is CNC(Cc1ccncc1)c1cnsn1. The summed E-state index contributed by atoms with van der Waals surface area (Å²) < 4.78 is 8.25. The zero-order valence-corrected chi connectivity index (χ0v) is 9.24. The summed E-state index contributed by atoms with van der Waals surface area (Å²) in [5, 5.41) is 3.24. The first-order valence-electron chi connectivity index (χ1n) is 4.74. The molecule has 0 aliphatic heterocycles. The Morgan fingerprint density at radius 3 is 2.80 bits per heavy atom. The number of nitrogens with one attached hydrogen (secondary N) is 1. The Kier molecular flexibility index (Phi) is 3.37. The number of nitrogens with zero attached hydrogens (tertiary/aromatic N) is 3. The normalized spacial score (nSPS) is 12.6. The van der Waals surface area contributed by atoms with Crippen LogP contribution in [0.25, 0.3) is 0 Å². The Bertz CT molecular complexity index is 387. The van der Waals surface area contributed by atoms with E-state index in [9.17, 15) is 0 Å². The van der Waals surface area contributed by atoms with Crippen molar-refractivity contribution < 1.29 is 0 Å². The van der Waals surface area contributed by atoms with Crippen molar-refractivity contribution in [3.63, 3.8) is 0 Å². The fraction of sp³-hybridized carbons (Fsp3) is 0.300. The number of pyridine rings is 1. The quantitative estimate of drug-likeness (QED) is 0.847. The van der Waals surface area contributed by atoms with Crippen LogP contribution >= 0.6 is 11.7 Å². The molecule has 2 aromatic rings. The summed E-state index contributed by atoms with van der Waals surface area (Å²) in [5.41, 5.74) is 2.25. The minimum atomic E-state index is 0.228. The van der Waals surface area contributed by atoms with E-state index in [2.05, 4.69) is 19.0 Å². The topological polar surface area (TPSA) is 50.7 Å². The van der Waals surface area contributed by atoms with Crippen LogP contribution in [0, 0.1) is 0 Å². The summed E-state index contributed by atoms with van der Waals surface area (Å²) in [6.45, 7) is 0. The molecule has 5 heteroatoms. The smallest absolute Gasteiger partial charge is 0.0915 e. The molecule has 0 radical (unpaired) electrons. The molecule has 0 bridgehead atoms. The van der Waals surface area contributed by atoms with Gasteiger partial charge in [0.25, 0.3) is 0 Å². The molecule has 0 aromatic carbocycles. The Hall–Kier alpha value is -1.33. The van der Waals surface area contributed by atoms with E-state index in [1.165, 1.54) is 17.3 Å². The lowest BCUT2D eigenvalue weighted by Crippen LogP contribution is -2.19. The van der Waals surface area contributed by atoms with Crippen LogP contribution in [-0.2, 0) is 6.42 Å². The molecular weight excluding hydrogens is 208 g/mol. The second-order valence-electron chi connectivity index (χ2n) is 3.23. The van der Waals surface area contributed by atoms with E-state index in [-0.39, 0.29) is 6.04 Å². The first-order chi connectivity index (χ1) is 7.40. The highest BCUT2D eigenvalue weighted by Crippen LogP contribution is 2.15. The van der Waals surface area contributed by atoms with Gasteiger partial charge in [-0.15, -0.1) is 0 Å². The number of hydrogen-bond donors (Lipinski definition) is 1. The van der Waals surface area contributed by atoms with Gasteiger partial charge in [0.1, 0.15) is 0 Å². The largest absolute Gasteiger partial charge is 0.311 e. The zero-order chi connectivity index (χ0) is 10.5. The molecule has 1 N–H and O–H groups in total. The van der Waals surface area contributed by atoms with Crippen LogP contribution in [0.2, 0.25) is 0 Å². The van der Waals surface area contributed by atoms with Gasteiger partial charge in [0, 0.05) is 12.4 Å². The van der Waals surface area contributed by atoms with Crippen LogP contribution in [-0.4, -0.2) is 20.8 Å². The Morgan fingerprint density at radius 1 is 1.40 bits per heavy atom. The maximum atomic E-state index is 4.24. The molecule has 0 saturated carbocycles. The van der Waals surface area contributed by atoms with Gasteiger partial charge in [-0.05, 0) is 31.2 Å². The Morgan fingerprint density at radius 2 is 2.20 bits per heavy atom. The molecule has 2 aromatic heterocycles. The van der Waals surface area contributed by atoms with E-state index in [0.29, 0.717) is 0 Å². The van der Waals surface area contributed by atoms with E-state index in [1.807, 2.05) is 25.4 Å². The minimum Gasteiger partial charge on any atom is -0.311 e. The second kappa shape index (κ2) is 4.95. The highest BCUT2D eigenvalue weighted by Gasteiger charge is 2.12. The summed E-state index contributed by atoms with van der Waals surface area (Å²) in [5.74, 6) is 0. The summed E-state index contributed by atoms with van der Waals surface area (Å²) >= 11 is 1.24. The molecule has 1 atom stereocenters. The highest BCUT2D eigenvalue weighted by molar-refractivity contribution is 6.99. The maximum absolute atomic E-state index is 4.24. The van der Waals surface area contributed by atoms with Crippen LogP contribution in [0.15, 0.2) is 30.7 Å². The van der Waals surface area contributed by atoms with Gasteiger partial charge in [0.05, 0.1) is 29.7 Å². The van der Waals surface area contributed by atoms with Gasteiger partial charge in [-0.25, -0.2) is 0 Å². The van der Waals surface area contributed by atoms with Gasteiger partial charge >= 0.3 is 0 Å². The summed E-state index contributed by atoms with van der Waals surface area (Å²) in [6.07, 6.45) is 6.33. The monoisotopic (exact) mass is 220 g/mol. The molecule has 78 valence electrons. The van der Waals surface area contributed by atoms with E-state index < -0.39 is 0 Å². The number of likely N-dealkylation sites (N-methyl/N-ethyl adjacent to an activating group) is 1. The van der Waals surface area contributed by atoms with Crippen LogP contribution in [0.5, 0.6) is 0 Å². The number of hydrogen-bond acceptors (Lipinski definition) is 5. The van der Waals surface area contributed by atoms with Gasteiger partial charge in [-0.3, -0.25) is 4.98 Å². The van der Waals surface area contributed by atoms with Gasteiger partial charge in [0.2, 0.25) is 0 Å². The second-order valence-corrected chi connectivity index (χ2v) is 3.79. The fourth-order valence-electron chi connectivity index (χ4n) is 1.43. The Labute approximate surface area is 92.7 Å². The van der Waals surface area contributed by atoms with E-state index in [4.69, 9.17) is 0 Å². The van der Waals surface area contributed by atoms with Crippen molar-refractivity contribution >= 4 is 11.7 Å². The van der Waals surface area contributed by atoms with E-state index in [0.717, 1.165) is 12.1 Å². The number of aromatic nitrogens is 3. The third-order valence-corrected chi connectivity index (χ3v) is 2.77. The average Bonchev–Trinajstić information content (AvgIpc) is 2.81. The van der Waals surface area contributed by atoms with Gasteiger partial charge < -0.3 is 5.32 Å². The van der Waals surface area contributed by atoms with Crippen LogP contribution in [0.1, 0.15) is 17.3 Å². The highest BCUT2D eigenvalue weighted by atomic mass is 32.1. The third kappa shape index (κ3) is 2.57. The summed E-state index contributed by atoms with van der Waals surface area (Å²) in [4.78, 5) is 3.99. The number of rotatable bonds is 4. The lowest BCUT2D eigenvalue weighted by Gasteiger charge is -2.12.